The number of Topliss-reactive ketones (excluding diaryl/α,β-unsaturated/α-hetero) is 1. The summed E-state index contributed by atoms with van der Waals surface area (Å²) in [6.45, 7) is 3.21. The molecule has 0 aliphatic carbocycles. The average molecular weight is 501 g/mol. The van der Waals surface area contributed by atoms with E-state index < -0.39 is 6.04 Å². The molecule has 10 heteroatoms. The van der Waals surface area contributed by atoms with Gasteiger partial charge in [-0.15, -0.1) is 0 Å². The van der Waals surface area contributed by atoms with Crippen LogP contribution >= 0.6 is 11.6 Å². The minimum atomic E-state index is -0.712. The maximum atomic E-state index is 13.4. The Labute approximate surface area is 211 Å². The van der Waals surface area contributed by atoms with Gasteiger partial charge < -0.3 is 15.1 Å². The van der Waals surface area contributed by atoms with Gasteiger partial charge in [-0.3, -0.25) is 19.9 Å². The van der Waals surface area contributed by atoms with Crippen molar-refractivity contribution in [1.82, 2.24) is 15.3 Å². The Morgan fingerprint density at radius 1 is 1.06 bits per heavy atom. The SMILES string of the molecule is CC(=O)c1ccc(NC(=O)C2=C(C)NC(Nc3nc4ccccc4o3)=NC2c2ccccc2Cl)cn1. The fourth-order valence-corrected chi connectivity index (χ4v) is 4.10. The molecule has 5 rings (SSSR count). The lowest BCUT2D eigenvalue weighted by Crippen LogP contribution is -2.37. The van der Waals surface area contributed by atoms with Crippen molar-refractivity contribution in [3.8, 4) is 0 Å². The largest absolute Gasteiger partial charge is 0.423 e. The molecule has 3 heterocycles. The van der Waals surface area contributed by atoms with Crippen molar-refractivity contribution >= 4 is 52.1 Å². The number of amides is 1. The highest BCUT2D eigenvalue weighted by Gasteiger charge is 2.31. The zero-order valence-corrected chi connectivity index (χ0v) is 20.1. The molecule has 2 aromatic carbocycles. The molecule has 0 radical (unpaired) electrons. The van der Waals surface area contributed by atoms with Gasteiger partial charge in [0.1, 0.15) is 17.3 Å². The smallest absolute Gasteiger partial charge is 0.302 e. The number of benzene rings is 2. The van der Waals surface area contributed by atoms with Crippen LogP contribution in [0.2, 0.25) is 5.02 Å². The van der Waals surface area contributed by atoms with E-state index in [2.05, 4.69) is 25.9 Å². The van der Waals surface area contributed by atoms with Crippen LogP contribution < -0.4 is 16.0 Å². The lowest BCUT2D eigenvalue weighted by molar-refractivity contribution is -0.113. The Morgan fingerprint density at radius 3 is 2.56 bits per heavy atom. The number of hydrogen-bond donors (Lipinski definition) is 3. The molecule has 1 aliphatic rings. The lowest BCUT2D eigenvalue weighted by Gasteiger charge is -2.27. The Balaban J connectivity index is 1.46. The first kappa shape index (κ1) is 23.3. The highest BCUT2D eigenvalue weighted by Crippen LogP contribution is 2.35. The minimum Gasteiger partial charge on any atom is -0.423 e. The molecule has 3 N–H and O–H groups in total. The third kappa shape index (κ3) is 4.69. The van der Waals surface area contributed by atoms with E-state index >= 15 is 0 Å². The number of ketones is 1. The van der Waals surface area contributed by atoms with Crippen LogP contribution in [0.25, 0.3) is 11.1 Å². The zero-order chi connectivity index (χ0) is 25.2. The monoisotopic (exact) mass is 500 g/mol. The van der Waals surface area contributed by atoms with E-state index in [-0.39, 0.29) is 17.7 Å². The summed E-state index contributed by atoms with van der Waals surface area (Å²) in [4.78, 5) is 38.2. The van der Waals surface area contributed by atoms with E-state index in [1.165, 1.54) is 13.1 Å². The molecule has 36 heavy (non-hydrogen) atoms. The van der Waals surface area contributed by atoms with Gasteiger partial charge in [-0.05, 0) is 37.3 Å². The molecule has 180 valence electrons. The number of aliphatic imine (C=N–C) groups is 1. The van der Waals surface area contributed by atoms with E-state index in [4.69, 9.17) is 21.0 Å². The van der Waals surface area contributed by atoms with E-state index in [0.717, 1.165) is 0 Å². The summed E-state index contributed by atoms with van der Waals surface area (Å²) in [5.41, 5.74) is 3.71. The molecule has 0 saturated carbocycles. The van der Waals surface area contributed by atoms with Crippen molar-refractivity contribution in [3.63, 3.8) is 0 Å². The summed E-state index contributed by atoms with van der Waals surface area (Å²) in [6.07, 6.45) is 1.44. The van der Waals surface area contributed by atoms with Crippen molar-refractivity contribution in [1.29, 1.82) is 0 Å². The molecule has 1 aliphatic heterocycles. The molecular weight excluding hydrogens is 480 g/mol. The topological polar surface area (TPSA) is 122 Å². The second-order valence-corrected chi connectivity index (χ2v) is 8.53. The zero-order valence-electron chi connectivity index (χ0n) is 19.4. The fourth-order valence-electron chi connectivity index (χ4n) is 3.86. The minimum absolute atomic E-state index is 0.157. The normalized spacial score (nSPS) is 15.3. The number of allylic oxidation sites excluding steroid dienone is 1. The molecule has 1 atom stereocenters. The molecule has 0 spiro atoms. The van der Waals surface area contributed by atoms with Gasteiger partial charge in [0.05, 0.1) is 17.5 Å². The molecule has 0 bridgehead atoms. The summed E-state index contributed by atoms with van der Waals surface area (Å²) in [5.74, 6) is -0.185. The summed E-state index contributed by atoms with van der Waals surface area (Å²) < 4.78 is 5.76. The van der Waals surface area contributed by atoms with Gasteiger partial charge in [0.15, 0.2) is 11.4 Å². The summed E-state index contributed by atoms with van der Waals surface area (Å²) in [7, 11) is 0. The number of halogens is 1. The summed E-state index contributed by atoms with van der Waals surface area (Å²) >= 11 is 6.51. The van der Waals surface area contributed by atoms with Crippen LogP contribution in [0.5, 0.6) is 0 Å². The number of anilines is 2. The first-order chi connectivity index (χ1) is 17.4. The van der Waals surface area contributed by atoms with Gasteiger partial charge in [0.2, 0.25) is 5.96 Å². The van der Waals surface area contributed by atoms with E-state index in [9.17, 15) is 9.59 Å². The Hall–Kier alpha value is -4.50. The van der Waals surface area contributed by atoms with Crippen LogP contribution in [0.15, 0.2) is 87.5 Å². The number of para-hydroxylation sites is 2. The molecule has 4 aromatic rings. The number of hydrogen-bond acceptors (Lipinski definition) is 8. The maximum absolute atomic E-state index is 13.4. The standard InChI is InChI=1S/C26H21ClN6O3/c1-14-22(24(35)30-16-11-12-19(15(2)34)28-13-16)23(17-7-3-4-8-18(17)27)32-25(29-14)33-26-31-20-9-5-6-10-21(20)36-26/h3-13,23H,1-2H3,(H,30,35)(H2,29,31,32,33). The maximum Gasteiger partial charge on any atom is 0.302 e. The molecular formula is C26H21ClN6O3. The van der Waals surface area contributed by atoms with Crippen LogP contribution in [0.3, 0.4) is 0 Å². The lowest BCUT2D eigenvalue weighted by atomic mass is 9.95. The van der Waals surface area contributed by atoms with Crippen molar-refractivity contribution < 1.29 is 14.0 Å². The molecule has 1 unspecified atom stereocenters. The number of fused-ring (bicyclic) bond motifs is 1. The molecule has 0 fully saturated rings. The number of aromatic nitrogens is 2. The van der Waals surface area contributed by atoms with Crippen LogP contribution in [0.4, 0.5) is 11.7 Å². The first-order valence-corrected chi connectivity index (χ1v) is 11.5. The predicted octanol–water partition coefficient (Wildman–Crippen LogP) is 5.10. The number of nitrogens with one attached hydrogen (secondary N) is 3. The number of carbonyl (C=O) groups excluding carboxylic acids is 2. The van der Waals surface area contributed by atoms with Crippen molar-refractivity contribution in [2.75, 3.05) is 10.6 Å². The number of pyridine rings is 1. The van der Waals surface area contributed by atoms with E-state index in [1.54, 1.807) is 25.1 Å². The quantitative estimate of drug-likeness (QED) is 0.326. The van der Waals surface area contributed by atoms with Crippen LogP contribution in [-0.2, 0) is 4.79 Å². The van der Waals surface area contributed by atoms with Gasteiger partial charge in [-0.25, -0.2) is 4.99 Å². The van der Waals surface area contributed by atoms with Gasteiger partial charge >= 0.3 is 6.01 Å². The third-order valence-electron chi connectivity index (χ3n) is 5.59. The fraction of sp³-hybridized carbons (Fsp3) is 0.115. The van der Waals surface area contributed by atoms with Crippen molar-refractivity contribution in [2.45, 2.75) is 19.9 Å². The molecule has 2 aromatic heterocycles. The van der Waals surface area contributed by atoms with Crippen LogP contribution in [0.1, 0.15) is 35.9 Å². The second kappa shape index (κ2) is 9.63. The number of rotatable bonds is 5. The highest BCUT2D eigenvalue weighted by atomic mass is 35.5. The molecule has 1 amide bonds. The van der Waals surface area contributed by atoms with Crippen LogP contribution in [-0.4, -0.2) is 27.6 Å². The predicted molar refractivity (Wildman–Crippen MR) is 138 cm³/mol. The number of carbonyl (C=O) groups is 2. The van der Waals surface area contributed by atoms with Gasteiger partial charge in [-0.2, -0.15) is 4.98 Å². The van der Waals surface area contributed by atoms with Crippen LogP contribution in [0, 0.1) is 0 Å². The number of guanidine groups is 1. The number of nitrogens with zero attached hydrogens (tertiary/aromatic N) is 3. The molecule has 9 nitrogen and oxygen atoms in total. The van der Waals surface area contributed by atoms with Gasteiger partial charge in [-0.1, -0.05) is 41.9 Å². The number of oxazole rings is 1. The van der Waals surface area contributed by atoms with Crippen molar-refractivity contribution in [3.05, 3.63) is 94.4 Å². The van der Waals surface area contributed by atoms with E-state index in [0.29, 0.717) is 50.3 Å². The Bertz CT molecular complexity index is 1510. The van der Waals surface area contributed by atoms with E-state index in [1.807, 2.05) is 42.5 Å². The first-order valence-electron chi connectivity index (χ1n) is 11.1. The third-order valence-corrected chi connectivity index (χ3v) is 5.93. The molecule has 0 saturated heterocycles. The summed E-state index contributed by atoms with van der Waals surface area (Å²) in [6, 6.07) is 17.4. The highest BCUT2D eigenvalue weighted by molar-refractivity contribution is 6.31. The van der Waals surface area contributed by atoms with Gasteiger partial charge in [0.25, 0.3) is 5.91 Å². The Morgan fingerprint density at radius 2 is 1.83 bits per heavy atom. The second-order valence-electron chi connectivity index (χ2n) is 8.12. The Kier molecular flexibility index (Phi) is 6.22. The van der Waals surface area contributed by atoms with Gasteiger partial charge in [0, 0.05) is 23.2 Å². The summed E-state index contributed by atoms with van der Waals surface area (Å²) in [5, 5.41) is 9.49. The van der Waals surface area contributed by atoms with Crippen molar-refractivity contribution in [2.24, 2.45) is 4.99 Å². The average Bonchev–Trinajstić information content (AvgIpc) is 3.26.